The molecule has 6 nitrogen and oxygen atoms in total. The normalized spacial score (nSPS) is 14.4. The second kappa shape index (κ2) is 6.28. The number of anilines is 1. The topological polar surface area (TPSA) is 75.5 Å². The van der Waals surface area contributed by atoms with E-state index in [9.17, 15) is 14.9 Å². The molecule has 0 saturated carbocycles. The molecule has 1 aliphatic heterocycles. The summed E-state index contributed by atoms with van der Waals surface area (Å²) in [6.07, 6.45) is 2.00. The molecule has 0 aromatic heterocycles. The van der Waals surface area contributed by atoms with E-state index in [2.05, 4.69) is 5.32 Å². The summed E-state index contributed by atoms with van der Waals surface area (Å²) in [6, 6.07) is 2.53. The van der Waals surface area contributed by atoms with Crippen LogP contribution in [0.5, 0.6) is 0 Å². The van der Waals surface area contributed by atoms with Gasteiger partial charge in [-0.05, 0) is 18.9 Å². The van der Waals surface area contributed by atoms with Crippen LogP contribution in [-0.4, -0.2) is 35.4 Å². The predicted octanol–water partition coefficient (Wildman–Crippen LogP) is 2.94. The molecule has 1 aromatic carbocycles. The smallest absolute Gasteiger partial charge is 0.293 e. The first-order valence-corrected chi connectivity index (χ1v) is 6.89. The maximum absolute atomic E-state index is 11.9. The van der Waals surface area contributed by atoms with Gasteiger partial charge in [0.2, 0.25) is 5.91 Å². The zero-order valence-corrected chi connectivity index (χ0v) is 12.1. The first kappa shape index (κ1) is 14.9. The number of halogens is 2. The molecule has 108 valence electrons. The molecule has 1 heterocycles. The van der Waals surface area contributed by atoms with Gasteiger partial charge in [-0.3, -0.25) is 14.9 Å². The highest BCUT2D eigenvalue weighted by molar-refractivity contribution is 6.42. The van der Waals surface area contributed by atoms with Gasteiger partial charge in [-0.25, -0.2) is 0 Å². The molecule has 1 fully saturated rings. The molecule has 0 atom stereocenters. The molecule has 0 radical (unpaired) electrons. The molecule has 1 aliphatic rings. The maximum atomic E-state index is 11.9. The van der Waals surface area contributed by atoms with E-state index in [-0.39, 0.29) is 33.9 Å². The third-order valence-corrected chi connectivity index (χ3v) is 3.85. The summed E-state index contributed by atoms with van der Waals surface area (Å²) >= 11 is 11.6. The fraction of sp³-hybridized carbons (Fsp3) is 0.417. The lowest BCUT2D eigenvalue weighted by atomic mass is 10.2. The summed E-state index contributed by atoms with van der Waals surface area (Å²) in [4.78, 5) is 24.0. The third-order valence-electron chi connectivity index (χ3n) is 3.12. The summed E-state index contributed by atoms with van der Waals surface area (Å²) in [5.41, 5.74) is -0.00873. The van der Waals surface area contributed by atoms with Crippen LogP contribution in [0.4, 0.5) is 11.4 Å². The molecular formula is C12H13Cl2N3O3. The second-order valence-corrected chi connectivity index (χ2v) is 5.30. The first-order valence-electron chi connectivity index (χ1n) is 6.14. The van der Waals surface area contributed by atoms with Crippen molar-refractivity contribution in [2.24, 2.45) is 0 Å². The van der Waals surface area contributed by atoms with Crippen molar-refractivity contribution in [3.05, 3.63) is 32.3 Å². The van der Waals surface area contributed by atoms with Gasteiger partial charge in [0.1, 0.15) is 5.69 Å². The molecule has 1 saturated heterocycles. The summed E-state index contributed by atoms with van der Waals surface area (Å²) in [7, 11) is 0. The van der Waals surface area contributed by atoms with Crippen molar-refractivity contribution >= 4 is 40.5 Å². The quantitative estimate of drug-likeness (QED) is 0.684. The van der Waals surface area contributed by atoms with E-state index in [0.29, 0.717) is 0 Å². The summed E-state index contributed by atoms with van der Waals surface area (Å²) < 4.78 is 0. The molecule has 1 N–H and O–H groups in total. The number of benzene rings is 1. The van der Waals surface area contributed by atoms with E-state index in [1.807, 2.05) is 0 Å². The van der Waals surface area contributed by atoms with Crippen LogP contribution in [0.2, 0.25) is 10.0 Å². The number of nitrogens with one attached hydrogen (secondary N) is 1. The highest BCUT2D eigenvalue weighted by Gasteiger charge is 2.20. The molecule has 0 aliphatic carbocycles. The lowest BCUT2D eigenvalue weighted by Gasteiger charge is -2.16. The van der Waals surface area contributed by atoms with Gasteiger partial charge in [0.15, 0.2) is 0 Å². The second-order valence-electron chi connectivity index (χ2n) is 4.48. The van der Waals surface area contributed by atoms with Gasteiger partial charge in [0.05, 0.1) is 21.5 Å². The first-order chi connectivity index (χ1) is 9.49. The van der Waals surface area contributed by atoms with Crippen LogP contribution in [0.25, 0.3) is 0 Å². The Balaban J connectivity index is 2.10. The number of carbonyl (C=O) groups excluding carboxylic acids is 1. The van der Waals surface area contributed by atoms with E-state index < -0.39 is 4.92 Å². The van der Waals surface area contributed by atoms with Crippen LogP contribution in [0.1, 0.15) is 12.8 Å². The zero-order valence-electron chi connectivity index (χ0n) is 10.6. The van der Waals surface area contributed by atoms with Crippen molar-refractivity contribution < 1.29 is 9.72 Å². The number of hydrogen-bond donors (Lipinski definition) is 1. The minimum absolute atomic E-state index is 0.00119. The van der Waals surface area contributed by atoms with Gasteiger partial charge in [-0.2, -0.15) is 0 Å². The third kappa shape index (κ3) is 3.32. The minimum atomic E-state index is -0.565. The van der Waals surface area contributed by atoms with Crippen LogP contribution < -0.4 is 5.32 Å². The summed E-state index contributed by atoms with van der Waals surface area (Å²) in [5.74, 6) is -0.0807. The number of rotatable bonds is 4. The molecule has 0 spiro atoms. The highest BCUT2D eigenvalue weighted by Crippen LogP contribution is 2.33. The van der Waals surface area contributed by atoms with E-state index in [1.54, 1.807) is 4.90 Å². The molecule has 0 unspecified atom stereocenters. The van der Waals surface area contributed by atoms with Gasteiger partial charge in [0, 0.05) is 19.2 Å². The summed E-state index contributed by atoms with van der Waals surface area (Å²) in [6.45, 7) is 1.48. The fourth-order valence-corrected chi connectivity index (χ4v) is 2.40. The number of carbonyl (C=O) groups is 1. The van der Waals surface area contributed by atoms with Crippen molar-refractivity contribution in [1.29, 1.82) is 0 Å². The lowest BCUT2D eigenvalue weighted by molar-refractivity contribution is -0.383. The van der Waals surface area contributed by atoms with Gasteiger partial charge >= 0.3 is 0 Å². The largest absolute Gasteiger partial charge is 0.371 e. The Bertz CT molecular complexity index is 545. The lowest BCUT2D eigenvalue weighted by Crippen LogP contribution is -2.33. The Hall–Kier alpha value is -1.53. The van der Waals surface area contributed by atoms with E-state index in [1.165, 1.54) is 12.1 Å². The average molecular weight is 318 g/mol. The monoisotopic (exact) mass is 317 g/mol. The molecule has 2 rings (SSSR count). The number of likely N-dealkylation sites (tertiary alicyclic amines) is 1. The molecule has 1 amide bonds. The van der Waals surface area contributed by atoms with Gasteiger partial charge in [-0.1, -0.05) is 23.2 Å². The maximum Gasteiger partial charge on any atom is 0.293 e. The fourth-order valence-electron chi connectivity index (χ4n) is 2.08. The molecule has 8 heteroatoms. The van der Waals surface area contributed by atoms with Crippen LogP contribution in [0, 0.1) is 10.1 Å². The van der Waals surface area contributed by atoms with E-state index in [0.717, 1.165) is 25.9 Å². The Morgan fingerprint density at radius 1 is 1.30 bits per heavy atom. The number of nitro groups is 1. The van der Waals surface area contributed by atoms with Crippen molar-refractivity contribution in [3.8, 4) is 0 Å². The van der Waals surface area contributed by atoms with Crippen LogP contribution in [0.15, 0.2) is 12.1 Å². The Labute approximate surface area is 125 Å². The minimum Gasteiger partial charge on any atom is -0.371 e. The molecular weight excluding hydrogens is 305 g/mol. The van der Waals surface area contributed by atoms with Crippen LogP contribution >= 0.6 is 23.2 Å². The van der Waals surface area contributed by atoms with Gasteiger partial charge in [0.25, 0.3) is 5.69 Å². The molecule has 1 aromatic rings. The standard InChI is InChI=1S/C12H13Cl2N3O3/c13-8-5-10(11(17(19)20)6-9(8)14)15-7-12(18)16-3-1-2-4-16/h5-6,15H,1-4,7H2. The average Bonchev–Trinajstić information content (AvgIpc) is 2.93. The molecule has 20 heavy (non-hydrogen) atoms. The number of hydrogen-bond acceptors (Lipinski definition) is 4. The van der Waals surface area contributed by atoms with Crippen LogP contribution in [-0.2, 0) is 4.79 Å². The Morgan fingerprint density at radius 3 is 2.50 bits per heavy atom. The molecule has 0 bridgehead atoms. The number of nitro benzene ring substituents is 1. The van der Waals surface area contributed by atoms with Gasteiger partial charge in [-0.15, -0.1) is 0 Å². The number of amides is 1. The SMILES string of the molecule is O=C(CNc1cc(Cl)c(Cl)cc1[N+](=O)[O-])N1CCCC1. The van der Waals surface area contributed by atoms with E-state index >= 15 is 0 Å². The highest BCUT2D eigenvalue weighted by atomic mass is 35.5. The van der Waals surface area contributed by atoms with Crippen LogP contribution in [0.3, 0.4) is 0 Å². The van der Waals surface area contributed by atoms with Gasteiger partial charge < -0.3 is 10.2 Å². The summed E-state index contributed by atoms with van der Waals surface area (Å²) in [5, 5.41) is 14.0. The van der Waals surface area contributed by atoms with Crippen molar-refractivity contribution in [2.75, 3.05) is 25.0 Å². The predicted molar refractivity (Wildman–Crippen MR) is 77.4 cm³/mol. The van der Waals surface area contributed by atoms with Crippen molar-refractivity contribution in [2.45, 2.75) is 12.8 Å². The number of nitrogens with zero attached hydrogens (tertiary/aromatic N) is 2. The van der Waals surface area contributed by atoms with E-state index in [4.69, 9.17) is 23.2 Å². The Kier molecular flexibility index (Phi) is 4.67. The van der Waals surface area contributed by atoms with Crippen molar-refractivity contribution in [3.63, 3.8) is 0 Å². The van der Waals surface area contributed by atoms with Crippen molar-refractivity contribution in [1.82, 2.24) is 4.90 Å². The zero-order chi connectivity index (χ0) is 14.7. The Morgan fingerprint density at radius 2 is 1.90 bits per heavy atom.